The number of piperidine rings is 1. The van der Waals surface area contributed by atoms with E-state index < -0.39 is 0 Å². The van der Waals surface area contributed by atoms with E-state index >= 15 is 0 Å². The highest BCUT2D eigenvalue weighted by Crippen LogP contribution is 2.22. The van der Waals surface area contributed by atoms with Crippen LogP contribution in [0.2, 0.25) is 0 Å². The maximum atomic E-state index is 6.03. The molecule has 3 heteroatoms. The van der Waals surface area contributed by atoms with Crippen LogP contribution in [-0.2, 0) is 4.74 Å². The summed E-state index contributed by atoms with van der Waals surface area (Å²) < 4.78 is 6.03. The van der Waals surface area contributed by atoms with E-state index in [4.69, 9.17) is 10.5 Å². The number of nitrogens with two attached hydrogens (primary N) is 1. The maximum absolute atomic E-state index is 6.03. The van der Waals surface area contributed by atoms with Gasteiger partial charge in [0.1, 0.15) is 0 Å². The summed E-state index contributed by atoms with van der Waals surface area (Å²) in [6.45, 7) is 3.46. The van der Waals surface area contributed by atoms with Crippen molar-refractivity contribution in [2.45, 2.75) is 50.7 Å². The summed E-state index contributed by atoms with van der Waals surface area (Å²) in [5.74, 6) is 0.798. The van der Waals surface area contributed by atoms with Crippen molar-refractivity contribution in [3.63, 3.8) is 0 Å². The van der Waals surface area contributed by atoms with Crippen molar-refractivity contribution in [1.82, 2.24) is 4.90 Å². The zero-order valence-electron chi connectivity index (χ0n) is 10.5. The first-order chi connectivity index (χ1) is 7.74. The monoisotopic (exact) mass is 226 g/mol. The second kappa shape index (κ2) is 5.99. The zero-order chi connectivity index (χ0) is 11.4. The Hall–Kier alpha value is -0.120. The van der Waals surface area contributed by atoms with Crippen LogP contribution in [0.1, 0.15) is 38.5 Å². The Balaban J connectivity index is 1.60. The summed E-state index contributed by atoms with van der Waals surface area (Å²) in [4.78, 5) is 2.41. The maximum Gasteiger partial charge on any atom is 0.0576 e. The summed E-state index contributed by atoms with van der Waals surface area (Å²) in [7, 11) is 2.21. The number of hydrogen-bond donors (Lipinski definition) is 1. The van der Waals surface area contributed by atoms with Crippen molar-refractivity contribution in [3.8, 4) is 0 Å². The lowest BCUT2D eigenvalue weighted by atomic mass is 9.93. The Morgan fingerprint density at radius 1 is 1.06 bits per heavy atom. The second-order valence-electron chi connectivity index (χ2n) is 5.62. The summed E-state index contributed by atoms with van der Waals surface area (Å²) in [5.41, 5.74) is 5.89. The van der Waals surface area contributed by atoms with Crippen LogP contribution in [0.15, 0.2) is 0 Å². The average molecular weight is 226 g/mol. The molecule has 0 amide bonds. The van der Waals surface area contributed by atoms with Gasteiger partial charge in [0.25, 0.3) is 0 Å². The molecule has 1 saturated carbocycles. The van der Waals surface area contributed by atoms with Crippen molar-refractivity contribution >= 4 is 0 Å². The minimum Gasteiger partial charge on any atom is -0.378 e. The molecule has 0 spiro atoms. The highest BCUT2D eigenvalue weighted by atomic mass is 16.5. The van der Waals surface area contributed by atoms with Crippen molar-refractivity contribution in [2.24, 2.45) is 11.7 Å². The highest BCUT2D eigenvalue weighted by Gasteiger charge is 2.22. The van der Waals surface area contributed by atoms with Gasteiger partial charge in [-0.25, -0.2) is 0 Å². The SMILES string of the molecule is CN1CCC(COC2CCC(N)CC2)CC1. The molecule has 94 valence electrons. The van der Waals surface area contributed by atoms with Crippen LogP contribution in [0.25, 0.3) is 0 Å². The fourth-order valence-corrected chi connectivity index (χ4v) is 2.76. The molecule has 2 fully saturated rings. The summed E-state index contributed by atoms with van der Waals surface area (Å²) in [6.07, 6.45) is 7.77. The molecular weight excluding hydrogens is 200 g/mol. The quantitative estimate of drug-likeness (QED) is 0.794. The number of rotatable bonds is 3. The molecule has 1 saturated heterocycles. The van der Waals surface area contributed by atoms with Crippen molar-refractivity contribution in [3.05, 3.63) is 0 Å². The molecule has 0 bridgehead atoms. The molecule has 0 aromatic heterocycles. The summed E-state index contributed by atoms with van der Waals surface area (Å²) in [6, 6.07) is 0.434. The standard InChI is InChI=1S/C13H26N2O/c1-15-8-6-11(7-9-15)10-16-13-4-2-12(14)3-5-13/h11-13H,2-10,14H2,1H3. The molecule has 2 aliphatic rings. The van der Waals surface area contributed by atoms with E-state index in [0.717, 1.165) is 25.4 Å². The predicted molar refractivity (Wildman–Crippen MR) is 66.4 cm³/mol. The zero-order valence-corrected chi connectivity index (χ0v) is 10.5. The molecule has 1 heterocycles. The number of nitrogens with zero attached hydrogens (tertiary/aromatic N) is 1. The molecule has 0 radical (unpaired) electrons. The molecule has 1 aliphatic heterocycles. The third-order valence-electron chi connectivity index (χ3n) is 4.12. The molecular formula is C13H26N2O. The van der Waals surface area contributed by atoms with Crippen LogP contribution in [0, 0.1) is 5.92 Å². The molecule has 16 heavy (non-hydrogen) atoms. The Bertz CT molecular complexity index is 172. The molecule has 2 N–H and O–H groups in total. The largest absolute Gasteiger partial charge is 0.378 e. The second-order valence-corrected chi connectivity index (χ2v) is 5.62. The molecule has 0 atom stereocenters. The third kappa shape index (κ3) is 3.72. The first kappa shape index (κ1) is 12.3. The van der Waals surface area contributed by atoms with E-state index in [2.05, 4.69) is 11.9 Å². The van der Waals surface area contributed by atoms with Gasteiger partial charge < -0.3 is 15.4 Å². The van der Waals surface area contributed by atoms with Gasteiger partial charge in [-0.3, -0.25) is 0 Å². The van der Waals surface area contributed by atoms with Crippen LogP contribution in [0.4, 0.5) is 0 Å². The molecule has 0 unspecified atom stereocenters. The third-order valence-corrected chi connectivity index (χ3v) is 4.12. The van der Waals surface area contributed by atoms with Crippen molar-refractivity contribution in [1.29, 1.82) is 0 Å². The molecule has 0 aromatic rings. The van der Waals surface area contributed by atoms with Gasteiger partial charge in [0.15, 0.2) is 0 Å². The first-order valence-electron chi connectivity index (χ1n) is 6.80. The number of hydrogen-bond acceptors (Lipinski definition) is 3. The average Bonchev–Trinajstić information content (AvgIpc) is 2.30. The Kier molecular flexibility index (Phi) is 4.62. The van der Waals surface area contributed by atoms with Crippen LogP contribution >= 0.6 is 0 Å². The van der Waals surface area contributed by atoms with E-state index in [9.17, 15) is 0 Å². The van der Waals surface area contributed by atoms with Crippen LogP contribution in [0.5, 0.6) is 0 Å². The Labute approximate surface area is 99.3 Å². The van der Waals surface area contributed by atoms with Gasteiger partial charge in [0.2, 0.25) is 0 Å². The lowest BCUT2D eigenvalue weighted by molar-refractivity contribution is -0.00570. The van der Waals surface area contributed by atoms with Gasteiger partial charge in [-0.1, -0.05) is 0 Å². The van der Waals surface area contributed by atoms with Gasteiger partial charge in [0, 0.05) is 12.6 Å². The predicted octanol–water partition coefficient (Wildman–Crippen LogP) is 1.61. The van der Waals surface area contributed by atoms with E-state index in [-0.39, 0.29) is 0 Å². The summed E-state index contributed by atoms with van der Waals surface area (Å²) in [5, 5.41) is 0. The van der Waals surface area contributed by atoms with Crippen molar-refractivity contribution in [2.75, 3.05) is 26.7 Å². The van der Waals surface area contributed by atoms with Crippen molar-refractivity contribution < 1.29 is 4.74 Å². The van der Waals surface area contributed by atoms with Gasteiger partial charge in [-0.15, -0.1) is 0 Å². The Morgan fingerprint density at radius 3 is 2.31 bits per heavy atom. The number of ether oxygens (including phenoxy) is 1. The molecule has 1 aliphatic carbocycles. The minimum absolute atomic E-state index is 0.434. The fraction of sp³-hybridized carbons (Fsp3) is 1.00. The topological polar surface area (TPSA) is 38.5 Å². The fourth-order valence-electron chi connectivity index (χ4n) is 2.76. The lowest BCUT2D eigenvalue weighted by Crippen LogP contribution is -2.34. The molecule has 0 aromatic carbocycles. The van der Waals surface area contributed by atoms with E-state index in [1.54, 1.807) is 0 Å². The number of likely N-dealkylation sites (tertiary alicyclic amines) is 1. The van der Waals surface area contributed by atoms with E-state index in [1.165, 1.54) is 38.8 Å². The Morgan fingerprint density at radius 2 is 1.69 bits per heavy atom. The first-order valence-corrected chi connectivity index (χ1v) is 6.80. The van der Waals surface area contributed by atoms with E-state index in [0.29, 0.717) is 12.1 Å². The van der Waals surface area contributed by atoms with Gasteiger partial charge in [-0.2, -0.15) is 0 Å². The lowest BCUT2D eigenvalue weighted by Gasteiger charge is -2.31. The van der Waals surface area contributed by atoms with Crippen LogP contribution in [0.3, 0.4) is 0 Å². The minimum atomic E-state index is 0.434. The normalized spacial score (nSPS) is 34.1. The van der Waals surface area contributed by atoms with Gasteiger partial charge >= 0.3 is 0 Å². The highest BCUT2D eigenvalue weighted by molar-refractivity contribution is 4.76. The summed E-state index contributed by atoms with van der Waals surface area (Å²) >= 11 is 0. The van der Waals surface area contributed by atoms with Crippen LogP contribution in [-0.4, -0.2) is 43.8 Å². The van der Waals surface area contributed by atoms with Gasteiger partial charge in [-0.05, 0) is 64.6 Å². The molecule has 2 rings (SSSR count). The van der Waals surface area contributed by atoms with Gasteiger partial charge in [0.05, 0.1) is 6.10 Å². The smallest absolute Gasteiger partial charge is 0.0576 e. The van der Waals surface area contributed by atoms with E-state index in [1.807, 2.05) is 0 Å². The molecule has 3 nitrogen and oxygen atoms in total. The van der Waals surface area contributed by atoms with Crippen LogP contribution < -0.4 is 5.73 Å².